The summed E-state index contributed by atoms with van der Waals surface area (Å²) in [6.45, 7) is 11.5. The van der Waals surface area contributed by atoms with Gasteiger partial charge in [-0.3, -0.25) is 4.57 Å². The van der Waals surface area contributed by atoms with Gasteiger partial charge in [0, 0.05) is 16.9 Å². The monoisotopic (exact) mass is 630 g/mol. The lowest BCUT2D eigenvalue weighted by Gasteiger charge is -2.40. The summed E-state index contributed by atoms with van der Waals surface area (Å²) in [5.41, 5.74) is 11.4. The van der Waals surface area contributed by atoms with Crippen molar-refractivity contribution >= 4 is 34.9 Å². The number of aryl methyl sites for hydroxylation is 1. The average molecular weight is 631 g/mol. The molecule has 1 aromatic heterocycles. The van der Waals surface area contributed by atoms with E-state index in [0.717, 1.165) is 67.8 Å². The minimum absolute atomic E-state index is 0.156. The van der Waals surface area contributed by atoms with Gasteiger partial charge in [0.2, 0.25) is 5.96 Å². The summed E-state index contributed by atoms with van der Waals surface area (Å²) in [5.74, 6) is 2.53. The molecule has 4 aliphatic carbocycles. The van der Waals surface area contributed by atoms with Crippen molar-refractivity contribution in [2.24, 2.45) is 21.3 Å². The van der Waals surface area contributed by atoms with Crippen LogP contribution in [0, 0.1) is 11.3 Å². The molecule has 0 spiro atoms. The maximum Gasteiger partial charge on any atom is 0.234 e. The van der Waals surface area contributed by atoms with E-state index >= 15 is 0 Å². The number of nitrogens with one attached hydrogen (secondary N) is 1. The summed E-state index contributed by atoms with van der Waals surface area (Å²) >= 11 is 0. The topological polar surface area (TPSA) is 41.7 Å². The molecule has 0 saturated carbocycles. The van der Waals surface area contributed by atoms with Crippen LogP contribution in [-0.2, 0) is 6.42 Å². The van der Waals surface area contributed by atoms with Crippen molar-refractivity contribution in [2.75, 3.05) is 0 Å². The molecule has 4 nitrogen and oxygen atoms in total. The maximum absolute atomic E-state index is 5.35. The zero-order chi connectivity index (χ0) is 32.8. The number of amidine groups is 1. The molecule has 2 aromatic carbocycles. The van der Waals surface area contributed by atoms with Crippen LogP contribution >= 0.6 is 0 Å². The van der Waals surface area contributed by atoms with Gasteiger partial charge in [-0.05, 0) is 102 Å². The molecule has 5 aliphatic rings. The van der Waals surface area contributed by atoms with Gasteiger partial charge in [0.05, 0.1) is 11.2 Å². The minimum atomic E-state index is -0.156. The summed E-state index contributed by atoms with van der Waals surface area (Å²) in [6, 6.07) is 13.8. The van der Waals surface area contributed by atoms with Gasteiger partial charge < -0.3 is 5.32 Å². The molecule has 1 N–H and O–H groups in total. The van der Waals surface area contributed by atoms with Crippen LogP contribution in [-0.4, -0.2) is 22.5 Å². The van der Waals surface area contributed by atoms with Crippen molar-refractivity contribution < 1.29 is 0 Å². The van der Waals surface area contributed by atoms with E-state index in [2.05, 4.69) is 140 Å². The van der Waals surface area contributed by atoms with Crippen molar-refractivity contribution in [3.8, 4) is 11.1 Å². The predicted octanol–water partition coefficient (Wildman–Crippen LogP) is 10.7. The highest BCUT2D eigenvalue weighted by molar-refractivity contribution is 6.12. The van der Waals surface area contributed by atoms with Gasteiger partial charge in [0.15, 0.2) is 0 Å². The van der Waals surface area contributed by atoms with Gasteiger partial charge >= 0.3 is 0 Å². The third kappa shape index (κ3) is 5.32. The Labute approximate surface area is 285 Å². The Kier molecular flexibility index (Phi) is 7.91. The van der Waals surface area contributed by atoms with Crippen molar-refractivity contribution in [2.45, 2.75) is 77.8 Å². The Balaban J connectivity index is 1.30. The van der Waals surface area contributed by atoms with Crippen LogP contribution in [0.1, 0.15) is 87.6 Å². The fourth-order valence-electron chi connectivity index (χ4n) is 8.21. The second kappa shape index (κ2) is 12.4. The van der Waals surface area contributed by atoms with Gasteiger partial charge in [0.25, 0.3) is 0 Å². The number of hydrogen-bond donors (Lipinski definition) is 1. The van der Waals surface area contributed by atoms with E-state index in [4.69, 9.17) is 9.98 Å². The number of nitrogens with zero attached hydrogens (tertiary/aromatic N) is 3. The lowest BCUT2D eigenvalue weighted by Crippen LogP contribution is -2.41. The number of fused-ring (bicyclic) bond motifs is 3. The van der Waals surface area contributed by atoms with E-state index in [-0.39, 0.29) is 11.6 Å². The van der Waals surface area contributed by atoms with Gasteiger partial charge in [-0.2, -0.15) is 4.99 Å². The largest absolute Gasteiger partial charge is 0.344 e. The van der Waals surface area contributed by atoms with Crippen molar-refractivity contribution in [3.63, 3.8) is 0 Å². The van der Waals surface area contributed by atoms with Crippen LogP contribution in [0.5, 0.6) is 0 Å². The summed E-state index contributed by atoms with van der Waals surface area (Å²) < 4.78 is 2.33. The van der Waals surface area contributed by atoms with Crippen LogP contribution < -0.4 is 5.32 Å². The number of benzene rings is 2. The fraction of sp³-hybridized carbons (Fsp3) is 0.318. The first-order valence-electron chi connectivity index (χ1n) is 17.9. The lowest BCUT2D eigenvalue weighted by molar-refractivity contribution is 0.203. The highest BCUT2D eigenvalue weighted by atomic mass is 15.3. The molecular formula is C44H46N4. The standard InChI is InChI=1S/C44H46N4/c1-5-33-35(21-14-22-36(33)34-23-15-27-44(3,4)29(34)2)32-25-26-38-37-20-12-13-24-39(37)48(40(38)28-32)43-46-41(30-16-8-6-9-17-30)45-42(47-43)31-18-10-7-11-19-31/h5-6,8,10,13-16,18-19,21-26,28-29,34,41H,1,7,9,11-12,17,20,27H2,2-4H3,(H,45,46,47). The van der Waals surface area contributed by atoms with Crippen LogP contribution in [0.4, 0.5) is 0 Å². The lowest BCUT2D eigenvalue weighted by atomic mass is 9.65. The molecule has 3 aromatic rings. The third-order valence-corrected chi connectivity index (χ3v) is 11.3. The Morgan fingerprint density at radius 1 is 0.979 bits per heavy atom. The molecule has 0 fully saturated rings. The zero-order valence-corrected chi connectivity index (χ0v) is 28.5. The molecule has 3 unspecified atom stereocenters. The van der Waals surface area contributed by atoms with Crippen molar-refractivity contribution in [3.05, 3.63) is 131 Å². The Morgan fingerprint density at radius 2 is 1.85 bits per heavy atom. The van der Waals surface area contributed by atoms with Gasteiger partial charge in [0.1, 0.15) is 12.0 Å². The van der Waals surface area contributed by atoms with E-state index in [1.807, 2.05) is 0 Å². The highest BCUT2D eigenvalue weighted by Crippen LogP contribution is 2.47. The first-order valence-corrected chi connectivity index (χ1v) is 17.9. The summed E-state index contributed by atoms with van der Waals surface area (Å²) in [5, 5.41) is 4.99. The van der Waals surface area contributed by atoms with Crippen molar-refractivity contribution in [1.82, 2.24) is 9.88 Å². The summed E-state index contributed by atoms with van der Waals surface area (Å²) in [6.07, 6.45) is 32.0. The molecule has 2 heterocycles. The number of aliphatic imine (C=N–C) groups is 2. The molecule has 8 rings (SSSR count). The normalized spacial score (nSPS) is 24.4. The van der Waals surface area contributed by atoms with Gasteiger partial charge in [-0.25, -0.2) is 4.99 Å². The summed E-state index contributed by atoms with van der Waals surface area (Å²) in [4.78, 5) is 10.6. The first kappa shape index (κ1) is 30.6. The number of hydrogen-bond acceptors (Lipinski definition) is 3. The number of allylic oxidation sites excluding steroid dienone is 8. The quantitative estimate of drug-likeness (QED) is 0.280. The Bertz CT molecular complexity index is 2050. The molecule has 1 aliphatic heterocycles. The highest BCUT2D eigenvalue weighted by Gasteiger charge is 2.35. The van der Waals surface area contributed by atoms with E-state index in [9.17, 15) is 0 Å². The molecule has 4 heteroatoms. The van der Waals surface area contributed by atoms with E-state index in [1.54, 1.807) is 0 Å². The molecule has 3 atom stereocenters. The SMILES string of the molecule is C=Cc1c(-c2ccc3c4c(n(C5=NC(C6=CC=CCC6)NC(C6=CCCC=C6)=N5)c3c2)C=CCC4)cccc1C1C=CCC(C)(C)C1C. The van der Waals surface area contributed by atoms with E-state index in [0.29, 0.717) is 11.8 Å². The van der Waals surface area contributed by atoms with Crippen LogP contribution in [0.25, 0.3) is 34.2 Å². The predicted molar refractivity (Wildman–Crippen MR) is 204 cm³/mol. The fourth-order valence-corrected chi connectivity index (χ4v) is 8.21. The summed E-state index contributed by atoms with van der Waals surface area (Å²) in [7, 11) is 0. The second-order valence-corrected chi connectivity index (χ2v) is 14.6. The molecule has 242 valence electrons. The van der Waals surface area contributed by atoms with Gasteiger partial charge in [-0.1, -0.05) is 118 Å². The van der Waals surface area contributed by atoms with Gasteiger partial charge in [-0.15, -0.1) is 0 Å². The molecule has 0 amide bonds. The van der Waals surface area contributed by atoms with E-state index < -0.39 is 0 Å². The van der Waals surface area contributed by atoms with Crippen LogP contribution in [0.3, 0.4) is 0 Å². The first-order chi connectivity index (χ1) is 23.4. The molecule has 0 saturated heterocycles. The number of rotatable bonds is 5. The van der Waals surface area contributed by atoms with Crippen LogP contribution in [0.15, 0.2) is 119 Å². The Hall–Kier alpha value is -4.70. The Morgan fingerprint density at radius 3 is 2.67 bits per heavy atom. The number of aromatic nitrogens is 1. The average Bonchev–Trinajstić information content (AvgIpc) is 3.46. The molecule has 0 radical (unpaired) electrons. The molecule has 0 bridgehead atoms. The minimum Gasteiger partial charge on any atom is -0.344 e. The smallest absolute Gasteiger partial charge is 0.234 e. The molecular weight excluding hydrogens is 585 g/mol. The van der Waals surface area contributed by atoms with Crippen LogP contribution in [0.2, 0.25) is 0 Å². The van der Waals surface area contributed by atoms with Crippen molar-refractivity contribution in [1.29, 1.82) is 0 Å². The second-order valence-electron chi connectivity index (χ2n) is 14.6. The molecule has 48 heavy (non-hydrogen) atoms. The maximum atomic E-state index is 5.35. The third-order valence-electron chi connectivity index (χ3n) is 11.3. The van der Waals surface area contributed by atoms with E-state index in [1.165, 1.54) is 44.5 Å². The zero-order valence-electron chi connectivity index (χ0n) is 28.5.